The Balaban J connectivity index is 1.21. The fourth-order valence-electron chi connectivity index (χ4n) is 6.44. The third-order valence-electron chi connectivity index (χ3n) is 9.53. The van der Waals surface area contributed by atoms with Crippen LogP contribution in [0.5, 0.6) is 5.75 Å². The number of aryl methyl sites for hydroxylation is 1. The van der Waals surface area contributed by atoms with E-state index in [1.165, 1.54) is 0 Å². The van der Waals surface area contributed by atoms with Crippen molar-refractivity contribution in [3.05, 3.63) is 67.7 Å². The molecule has 2 amide bonds. The predicted octanol–water partition coefficient (Wildman–Crippen LogP) is 4.35. The molecule has 0 bridgehead atoms. The Kier molecular flexibility index (Phi) is 9.66. The zero-order valence-corrected chi connectivity index (χ0v) is 26.6. The van der Waals surface area contributed by atoms with Gasteiger partial charge in [-0.05, 0) is 82.3 Å². The molecule has 0 radical (unpaired) electrons. The van der Waals surface area contributed by atoms with Crippen molar-refractivity contribution in [2.24, 2.45) is 5.92 Å². The summed E-state index contributed by atoms with van der Waals surface area (Å²) < 4.78 is 1.92. The summed E-state index contributed by atoms with van der Waals surface area (Å²) in [7, 11) is 0. The number of benzene rings is 1. The molecule has 46 heavy (non-hydrogen) atoms. The maximum atomic E-state index is 12.8. The molecule has 4 heterocycles. The van der Waals surface area contributed by atoms with E-state index in [0.29, 0.717) is 52.9 Å². The molecule has 0 spiro atoms. The summed E-state index contributed by atoms with van der Waals surface area (Å²) in [6.07, 6.45) is 9.44. The number of aromatic hydroxyl groups is 1. The van der Waals surface area contributed by atoms with Crippen LogP contribution < -0.4 is 11.1 Å². The summed E-state index contributed by atoms with van der Waals surface area (Å²) in [5.74, 6) is 0.520. The first-order valence-corrected chi connectivity index (χ1v) is 15.8. The van der Waals surface area contributed by atoms with Crippen LogP contribution in [-0.4, -0.2) is 77.2 Å². The first-order chi connectivity index (χ1) is 22.0. The van der Waals surface area contributed by atoms with Crippen molar-refractivity contribution >= 4 is 23.5 Å². The number of likely N-dealkylation sites (tertiary alicyclic amines) is 1. The van der Waals surface area contributed by atoms with Crippen molar-refractivity contribution in [3.63, 3.8) is 0 Å². The number of nitrogen functional groups attached to an aromatic ring is 1. The molecule has 5 rings (SSSR count). The van der Waals surface area contributed by atoms with Crippen LogP contribution in [0.25, 0.3) is 22.4 Å². The number of amidine groups is 1. The van der Waals surface area contributed by atoms with E-state index in [2.05, 4.69) is 52.5 Å². The number of piperidine rings is 2. The van der Waals surface area contributed by atoms with E-state index >= 15 is 0 Å². The number of carbonyl (C=O) groups is 2. The quantitative estimate of drug-likeness (QED) is 0.105. The normalized spacial score (nSPS) is 18.9. The summed E-state index contributed by atoms with van der Waals surface area (Å²) in [5, 5.41) is 34.9. The van der Waals surface area contributed by atoms with Crippen molar-refractivity contribution in [3.8, 4) is 28.1 Å². The van der Waals surface area contributed by atoms with Gasteiger partial charge in [-0.15, -0.1) is 10.2 Å². The maximum absolute atomic E-state index is 12.8. The Labute approximate surface area is 269 Å². The number of nitrogens with two attached hydrogens (primary N) is 1. The highest BCUT2D eigenvalue weighted by Gasteiger charge is 2.43. The van der Waals surface area contributed by atoms with Crippen molar-refractivity contribution in [1.82, 2.24) is 35.1 Å². The number of nitrogens with one attached hydrogen (secondary N) is 2. The number of aromatic nitrogens is 4. The van der Waals surface area contributed by atoms with Gasteiger partial charge in [0.2, 0.25) is 11.8 Å². The molecule has 3 aromatic rings. The number of hydrogen-bond acceptors (Lipinski definition) is 9. The van der Waals surface area contributed by atoms with Crippen molar-refractivity contribution in [2.45, 2.75) is 70.5 Å². The van der Waals surface area contributed by atoms with Gasteiger partial charge in [-0.25, -0.2) is 0 Å². The average molecular weight is 626 g/mol. The van der Waals surface area contributed by atoms with Crippen molar-refractivity contribution < 1.29 is 14.7 Å². The van der Waals surface area contributed by atoms with Gasteiger partial charge in [0.25, 0.3) is 0 Å². The van der Waals surface area contributed by atoms with Gasteiger partial charge >= 0.3 is 0 Å². The Hall–Kier alpha value is -4.84. The lowest BCUT2D eigenvalue weighted by molar-refractivity contribution is -0.136. The highest BCUT2D eigenvalue weighted by atomic mass is 16.3. The number of allylic oxidation sites excluding steroid dienone is 1. The molecular weight excluding hydrogens is 582 g/mol. The largest absolute Gasteiger partial charge is 0.507 e. The van der Waals surface area contributed by atoms with Crippen molar-refractivity contribution in [2.75, 3.05) is 18.8 Å². The van der Waals surface area contributed by atoms with E-state index in [1.54, 1.807) is 35.4 Å². The molecule has 242 valence electrons. The number of nitrogens with zero attached hydrogens (tertiary/aromatic N) is 6. The van der Waals surface area contributed by atoms with Crippen LogP contribution in [0, 0.1) is 11.3 Å². The number of carbonyl (C=O) groups excluding carboxylic acids is 2. The third-order valence-corrected chi connectivity index (χ3v) is 9.53. The van der Waals surface area contributed by atoms with Gasteiger partial charge in [0.15, 0.2) is 5.82 Å². The molecule has 2 aliphatic heterocycles. The van der Waals surface area contributed by atoms with Crippen LogP contribution in [-0.2, 0) is 16.1 Å². The van der Waals surface area contributed by atoms with E-state index < -0.39 is 17.5 Å². The Morgan fingerprint density at radius 1 is 1.22 bits per heavy atom. The van der Waals surface area contributed by atoms with Gasteiger partial charge in [0, 0.05) is 41.5 Å². The molecular formula is C34H43N9O3. The van der Waals surface area contributed by atoms with Gasteiger partial charge in [-0.3, -0.25) is 29.9 Å². The number of phenolic OH excluding ortho intramolecular Hbond substituents is 1. The first-order valence-electron chi connectivity index (χ1n) is 15.8. The summed E-state index contributed by atoms with van der Waals surface area (Å²) >= 11 is 0. The average Bonchev–Trinajstić information content (AvgIpc) is 3.54. The second-order valence-electron chi connectivity index (χ2n) is 12.3. The van der Waals surface area contributed by atoms with Crippen LogP contribution in [0.2, 0.25) is 0 Å². The molecule has 12 nitrogen and oxygen atoms in total. The molecule has 2 saturated heterocycles. The van der Waals surface area contributed by atoms with Crippen LogP contribution in [0.3, 0.4) is 0 Å². The number of anilines is 1. The van der Waals surface area contributed by atoms with Gasteiger partial charge in [-0.1, -0.05) is 32.2 Å². The SMILES string of the molecule is C=CC(=C)N(C(=N)C(C)(CC)N1CCC(CCn2cc(-c3cc(-c4ccccc4O)nnc3N)cn2)CC1)C1CCC(=O)NC1=O. The van der Waals surface area contributed by atoms with E-state index in [9.17, 15) is 20.1 Å². The number of imide groups is 1. The molecule has 12 heteroatoms. The zero-order valence-electron chi connectivity index (χ0n) is 26.6. The van der Waals surface area contributed by atoms with E-state index in [-0.39, 0.29) is 18.1 Å². The number of hydrogen-bond donors (Lipinski definition) is 4. The lowest BCUT2D eigenvalue weighted by Crippen LogP contribution is -2.63. The van der Waals surface area contributed by atoms with Gasteiger partial charge < -0.3 is 15.7 Å². The number of phenols is 1. The van der Waals surface area contributed by atoms with Crippen LogP contribution in [0.15, 0.2) is 67.7 Å². The minimum absolute atomic E-state index is 0.124. The predicted molar refractivity (Wildman–Crippen MR) is 177 cm³/mol. The second kappa shape index (κ2) is 13.7. The molecule has 2 aromatic heterocycles. The van der Waals surface area contributed by atoms with Crippen LogP contribution >= 0.6 is 0 Å². The van der Waals surface area contributed by atoms with E-state index in [4.69, 9.17) is 5.73 Å². The minimum atomic E-state index is -0.673. The summed E-state index contributed by atoms with van der Waals surface area (Å²) in [5.41, 5.74) is 8.69. The fourth-order valence-corrected chi connectivity index (χ4v) is 6.44. The number of amides is 2. The lowest BCUT2D eigenvalue weighted by Gasteiger charge is -2.49. The summed E-state index contributed by atoms with van der Waals surface area (Å²) in [6, 6.07) is 8.13. The molecule has 0 aliphatic carbocycles. The second-order valence-corrected chi connectivity index (χ2v) is 12.3. The molecule has 2 aliphatic rings. The third kappa shape index (κ3) is 6.57. The van der Waals surface area contributed by atoms with Gasteiger partial charge in [0.1, 0.15) is 17.6 Å². The summed E-state index contributed by atoms with van der Waals surface area (Å²) in [6.45, 7) is 14.4. The van der Waals surface area contributed by atoms with Crippen LogP contribution in [0.4, 0.5) is 5.82 Å². The Bertz CT molecular complexity index is 1640. The van der Waals surface area contributed by atoms with E-state index in [1.807, 2.05) is 23.0 Å². The van der Waals surface area contributed by atoms with E-state index in [0.717, 1.165) is 44.5 Å². The maximum Gasteiger partial charge on any atom is 0.249 e. The lowest BCUT2D eigenvalue weighted by atomic mass is 9.86. The Morgan fingerprint density at radius 2 is 1.96 bits per heavy atom. The molecule has 1 aromatic carbocycles. The highest BCUT2D eigenvalue weighted by Crippen LogP contribution is 2.34. The smallest absolute Gasteiger partial charge is 0.249 e. The standard InChI is InChI=1S/C34H43N9O3/c1-5-22(3)43(28-11-12-30(45)38-32(28)46)33(36)34(4,6-2)41-16-13-23(14-17-41)15-18-42-21-24(20-37-42)26-19-27(39-40-31(26)35)25-9-7-8-10-29(25)44/h5,7-10,19-21,23,28,36,44H,1,3,6,11-18H2,2,4H3,(H2,35,40)(H,38,45,46). The monoisotopic (exact) mass is 625 g/mol. The fraction of sp³-hybridized carbons (Fsp3) is 0.412. The molecule has 0 saturated carbocycles. The first kappa shape index (κ1) is 32.6. The Morgan fingerprint density at radius 3 is 2.63 bits per heavy atom. The van der Waals surface area contributed by atoms with Crippen LogP contribution in [0.1, 0.15) is 52.4 Å². The molecule has 2 fully saturated rings. The number of rotatable bonds is 11. The van der Waals surface area contributed by atoms with Gasteiger partial charge in [0.05, 0.1) is 17.4 Å². The van der Waals surface area contributed by atoms with Crippen molar-refractivity contribution in [1.29, 1.82) is 5.41 Å². The highest BCUT2D eigenvalue weighted by molar-refractivity contribution is 6.03. The molecule has 5 N–H and O–H groups in total. The number of para-hydroxylation sites is 1. The molecule has 2 atom stereocenters. The molecule has 2 unspecified atom stereocenters. The van der Waals surface area contributed by atoms with Gasteiger partial charge in [-0.2, -0.15) is 5.10 Å². The topological polar surface area (TPSA) is 166 Å². The summed E-state index contributed by atoms with van der Waals surface area (Å²) in [4.78, 5) is 28.6. The minimum Gasteiger partial charge on any atom is -0.507 e. The zero-order chi connectivity index (χ0) is 33.0.